The minimum absolute atomic E-state index is 0.0565. The summed E-state index contributed by atoms with van der Waals surface area (Å²) in [7, 11) is 0. The number of nitrogens with one attached hydrogen (secondary N) is 1. The highest BCUT2D eigenvalue weighted by Crippen LogP contribution is 2.28. The molecule has 0 radical (unpaired) electrons. The standard InChI is InChI=1S/C13H21N3O2/c17-12-9-15(7-8-16(12)10-4-5-10)13(18)11-3-1-2-6-14-11/h10-11,14H,1-9H2/t11-/m0/s1. The van der Waals surface area contributed by atoms with Gasteiger partial charge >= 0.3 is 0 Å². The number of rotatable bonds is 2. The average molecular weight is 251 g/mol. The smallest absolute Gasteiger partial charge is 0.242 e. The Balaban J connectivity index is 1.56. The molecule has 3 fully saturated rings. The molecule has 3 aliphatic rings. The fourth-order valence-electron chi connectivity index (χ4n) is 2.93. The highest BCUT2D eigenvalue weighted by Gasteiger charge is 2.38. The van der Waals surface area contributed by atoms with E-state index in [9.17, 15) is 9.59 Å². The van der Waals surface area contributed by atoms with E-state index < -0.39 is 0 Å². The molecule has 2 amide bonds. The van der Waals surface area contributed by atoms with Gasteiger partial charge in [0.25, 0.3) is 0 Å². The first-order valence-electron chi connectivity index (χ1n) is 7.07. The van der Waals surface area contributed by atoms with Gasteiger partial charge in [-0.05, 0) is 32.2 Å². The van der Waals surface area contributed by atoms with Crippen molar-refractivity contribution >= 4 is 11.8 Å². The van der Waals surface area contributed by atoms with Crippen LogP contribution in [0.3, 0.4) is 0 Å². The van der Waals surface area contributed by atoms with E-state index in [-0.39, 0.29) is 24.4 Å². The van der Waals surface area contributed by atoms with Crippen molar-refractivity contribution in [1.29, 1.82) is 0 Å². The van der Waals surface area contributed by atoms with E-state index in [4.69, 9.17) is 0 Å². The van der Waals surface area contributed by atoms with Gasteiger partial charge in [-0.15, -0.1) is 0 Å². The molecule has 0 aromatic heterocycles. The molecule has 3 rings (SSSR count). The Morgan fingerprint density at radius 3 is 2.61 bits per heavy atom. The van der Waals surface area contributed by atoms with E-state index in [2.05, 4.69) is 5.32 Å². The molecular formula is C13H21N3O2. The van der Waals surface area contributed by atoms with Gasteiger partial charge in [0.05, 0.1) is 12.6 Å². The Hall–Kier alpha value is -1.10. The SMILES string of the molecule is O=C([C@@H]1CCCCN1)N1CCN(C2CC2)C(=O)C1. The summed E-state index contributed by atoms with van der Waals surface area (Å²) in [6, 6.07) is 0.418. The van der Waals surface area contributed by atoms with Crippen LogP contribution in [0.15, 0.2) is 0 Å². The van der Waals surface area contributed by atoms with Crippen LogP contribution in [0.4, 0.5) is 0 Å². The van der Waals surface area contributed by atoms with Crippen LogP contribution in [0.5, 0.6) is 0 Å². The van der Waals surface area contributed by atoms with E-state index in [0.29, 0.717) is 12.6 Å². The summed E-state index contributed by atoms with van der Waals surface area (Å²) in [6.07, 6.45) is 5.46. The van der Waals surface area contributed by atoms with Gasteiger partial charge in [0.2, 0.25) is 11.8 Å². The zero-order valence-corrected chi connectivity index (χ0v) is 10.7. The molecule has 0 bridgehead atoms. The van der Waals surface area contributed by atoms with Gasteiger partial charge in [0.15, 0.2) is 0 Å². The summed E-state index contributed by atoms with van der Waals surface area (Å²) in [5, 5.41) is 3.26. The van der Waals surface area contributed by atoms with Crippen LogP contribution >= 0.6 is 0 Å². The van der Waals surface area contributed by atoms with Gasteiger partial charge < -0.3 is 15.1 Å². The molecule has 5 nitrogen and oxygen atoms in total. The molecule has 2 saturated heterocycles. The van der Waals surface area contributed by atoms with Crippen LogP contribution in [0.25, 0.3) is 0 Å². The highest BCUT2D eigenvalue weighted by atomic mass is 16.2. The quantitative estimate of drug-likeness (QED) is 0.749. The molecule has 0 unspecified atom stereocenters. The Bertz CT molecular complexity index is 348. The number of carbonyl (C=O) groups excluding carboxylic acids is 2. The van der Waals surface area contributed by atoms with Crippen molar-refractivity contribution in [1.82, 2.24) is 15.1 Å². The minimum Gasteiger partial charge on any atom is -0.336 e. The third-order valence-electron chi connectivity index (χ3n) is 4.17. The lowest BCUT2D eigenvalue weighted by molar-refractivity contribution is -0.147. The summed E-state index contributed by atoms with van der Waals surface area (Å²) in [4.78, 5) is 28.0. The number of hydrogen-bond donors (Lipinski definition) is 1. The number of piperidine rings is 1. The van der Waals surface area contributed by atoms with Crippen LogP contribution in [0.2, 0.25) is 0 Å². The number of piperazine rings is 1. The van der Waals surface area contributed by atoms with Gasteiger partial charge in [-0.1, -0.05) is 6.42 Å². The van der Waals surface area contributed by atoms with Crippen LogP contribution in [0, 0.1) is 0 Å². The predicted molar refractivity (Wildman–Crippen MR) is 67.0 cm³/mol. The van der Waals surface area contributed by atoms with Crippen LogP contribution in [-0.4, -0.2) is 59.9 Å². The van der Waals surface area contributed by atoms with E-state index in [1.807, 2.05) is 4.90 Å². The summed E-state index contributed by atoms with van der Waals surface area (Å²) < 4.78 is 0. The van der Waals surface area contributed by atoms with E-state index >= 15 is 0 Å². The fraction of sp³-hybridized carbons (Fsp3) is 0.846. The third-order valence-corrected chi connectivity index (χ3v) is 4.17. The molecule has 2 aliphatic heterocycles. The lowest BCUT2D eigenvalue weighted by atomic mass is 10.0. The first-order chi connectivity index (χ1) is 8.75. The van der Waals surface area contributed by atoms with Gasteiger partial charge in [-0.25, -0.2) is 0 Å². The molecule has 18 heavy (non-hydrogen) atoms. The fourth-order valence-corrected chi connectivity index (χ4v) is 2.93. The summed E-state index contributed by atoms with van der Waals surface area (Å²) in [5.74, 6) is 0.256. The Kier molecular flexibility index (Phi) is 3.24. The Morgan fingerprint density at radius 1 is 1.17 bits per heavy atom. The molecule has 100 valence electrons. The molecule has 0 aromatic carbocycles. The Labute approximate surface area is 107 Å². The summed E-state index contributed by atoms with van der Waals surface area (Å²) in [6.45, 7) is 2.64. The van der Waals surface area contributed by atoms with Crippen molar-refractivity contribution in [3.05, 3.63) is 0 Å². The summed E-state index contributed by atoms with van der Waals surface area (Å²) in [5.41, 5.74) is 0. The maximum absolute atomic E-state index is 12.3. The lowest BCUT2D eigenvalue weighted by Crippen LogP contribution is -2.57. The van der Waals surface area contributed by atoms with Crippen LogP contribution < -0.4 is 5.32 Å². The highest BCUT2D eigenvalue weighted by molar-refractivity contribution is 5.88. The topological polar surface area (TPSA) is 52.7 Å². The van der Waals surface area contributed by atoms with Crippen molar-refractivity contribution in [2.45, 2.75) is 44.2 Å². The predicted octanol–water partition coefficient (Wildman–Crippen LogP) is -0.0383. The van der Waals surface area contributed by atoms with Gasteiger partial charge in [-0.2, -0.15) is 0 Å². The molecule has 1 aliphatic carbocycles. The average Bonchev–Trinajstić information content (AvgIpc) is 3.23. The normalized spacial score (nSPS) is 29.6. The molecule has 1 N–H and O–H groups in total. The molecule has 0 aromatic rings. The monoisotopic (exact) mass is 251 g/mol. The molecule has 5 heteroatoms. The number of amides is 2. The number of nitrogens with zero attached hydrogens (tertiary/aromatic N) is 2. The molecule has 2 heterocycles. The Morgan fingerprint density at radius 2 is 2.00 bits per heavy atom. The van der Waals surface area contributed by atoms with Gasteiger partial charge in [-0.3, -0.25) is 9.59 Å². The molecule has 1 saturated carbocycles. The zero-order valence-electron chi connectivity index (χ0n) is 10.7. The van der Waals surface area contributed by atoms with Gasteiger partial charge in [0, 0.05) is 19.1 Å². The van der Waals surface area contributed by atoms with Crippen molar-refractivity contribution in [2.24, 2.45) is 0 Å². The maximum atomic E-state index is 12.3. The number of carbonyl (C=O) groups is 2. The van der Waals surface area contributed by atoms with E-state index in [1.165, 1.54) is 0 Å². The summed E-state index contributed by atoms with van der Waals surface area (Å²) >= 11 is 0. The van der Waals surface area contributed by atoms with Crippen LogP contribution in [0.1, 0.15) is 32.1 Å². The molecule has 0 spiro atoms. The molecule has 1 atom stereocenters. The second-order valence-corrected chi connectivity index (χ2v) is 5.58. The number of hydrogen-bond acceptors (Lipinski definition) is 3. The van der Waals surface area contributed by atoms with Crippen LogP contribution in [-0.2, 0) is 9.59 Å². The molecular weight excluding hydrogens is 230 g/mol. The minimum atomic E-state index is -0.0565. The first kappa shape index (κ1) is 12.0. The van der Waals surface area contributed by atoms with Crippen molar-refractivity contribution < 1.29 is 9.59 Å². The van der Waals surface area contributed by atoms with E-state index in [0.717, 1.165) is 45.2 Å². The second kappa shape index (κ2) is 4.88. The van der Waals surface area contributed by atoms with Gasteiger partial charge in [0.1, 0.15) is 0 Å². The van der Waals surface area contributed by atoms with Crippen molar-refractivity contribution in [3.8, 4) is 0 Å². The van der Waals surface area contributed by atoms with Crippen molar-refractivity contribution in [3.63, 3.8) is 0 Å². The second-order valence-electron chi connectivity index (χ2n) is 5.58. The van der Waals surface area contributed by atoms with E-state index in [1.54, 1.807) is 4.90 Å². The maximum Gasteiger partial charge on any atom is 0.242 e. The third kappa shape index (κ3) is 2.36. The zero-order chi connectivity index (χ0) is 12.5. The lowest BCUT2D eigenvalue weighted by Gasteiger charge is -2.37. The first-order valence-corrected chi connectivity index (χ1v) is 7.07. The van der Waals surface area contributed by atoms with Crippen molar-refractivity contribution in [2.75, 3.05) is 26.2 Å². The largest absolute Gasteiger partial charge is 0.336 e.